The summed E-state index contributed by atoms with van der Waals surface area (Å²) in [6.45, 7) is 3.93. The molecule has 1 aliphatic carbocycles. The molecule has 1 aromatic heterocycles. The predicted octanol–water partition coefficient (Wildman–Crippen LogP) is 3.52. The van der Waals surface area contributed by atoms with E-state index in [0.29, 0.717) is 5.02 Å². The second kappa shape index (κ2) is 5.06. The summed E-state index contributed by atoms with van der Waals surface area (Å²) in [6, 6.07) is 5.67. The molecular weight excluding hydrogens is 272 g/mol. The number of hydrogen-bond acceptors (Lipinski definition) is 2. The summed E-state index contributed by atoms with van der Waals surface area (Å²) in [4.78, 5) is 17.2. The van der Waals surface area contributed by atoms with Crippen molar-refractivity contribution < 1.29 is 4.79 Å². The van der Waals surface area contributed by atoms with Crippen LogP contribution in [0.5, 0.6) is 0 Å². The minimum atomic E-state index is -0.0205. The zero-order chi connectivity index (χ0) is 14.3. The topological polar surface area (TPSA) is 42.0 Å². The molecule has 20 heavy (non-hydrogen) atoms. The number of nitrogens with one attached hydrogen (secondary N) is 1. The van der Waals surface area contributed by atoms with E-state index < -0.39 is 0 Å². The van der Waals surface area contributed by atoms with Crippen LogP contribution in [-0.2, 0) is 12.8 Å². The van der Waals surface area contributed by atoms with Crippen LogP contribution in [0.15, 0.2) is 18.2 Å². The summed E-state index contributed by atoms with van der Waals surface area (Å²) < 4.78 is 0. The third-order valence-electron chi connectivity index (χ3n) is 3.62. The van der Waals surface area contributed by atoms with E-state index in [9.17, 15) is 4.79 Å². The summed E-state index contributed by atoms with van der Waals surface area (Å²) in [5.41, 5.74) is 3.77. The van der Waals surface area contributed by atoms with Crippen LogP contribution in [-0.4, -0.2) is 16.9 Å². The Balaban J connectivity index is 2.26. The first-order valence-corrected chi connectivity index (χ1v) is 7.36. The maximum atomic E-state index is 12.6. The molecule has 0 unspecified atom stereocenters. The molecule has 0 radical (unpaired) electrons. The number of rotatable bonds is 2. The van der Waals surface area contributed by atoms with Crippen LogP contribution in [0.25, 0.3) is 10.9 Å². The van der Waals surface area contributed by atoms with Gasteiger partial charge in [-0.1, -0.05) is 11.6 Å². The second-order valence-electron chi connectivity index (χ2n) is 5.56. The van der Waals surface area contributed by atoms with Gasteiger partial charge < -0.3 is 5.32 Å². The van der Waals surface area contributed by atoms with E-state index in [1.807, 2.05) is 32.0 Å². The highest BCUT2D eigenvalue weighted by atomic mass is 35.5. The normalized spacial score (nSPS) is 13.8. The number of pyridine rings is 1. The Morgan fingerprint density at radius 2 is 2.15 bits per heavy atom. The number of carbonyl (C=O) groups is 1. The molecule has 1 heterocycles. The van der Waals surface area contributed by atoms with E-state index in [1.54, 1.807) is 0 Å². The number of halogens is 1. The number of hydrogen-bond donors (Lipinski definition) is 1. The van der Waals surface area contributed by atoms with Crippen molar-refractivity contribution in [2.45, 2.75) is 39.2 Å². The summed E-state index contributed by atoms with van der Waals surface area (Å²) in [6.07, 6.45) is 2.94. The Morgan fingerprint density at radius 1 is 1.35 bits per heavy atom. The highest BCUT2D eigenvalue weighted by molar-refractivity contribution is 6.31. The molecule has 1 N–H and O–H groups in total. The second-order valence-corrected chi connectivity index (χ2v) is 5.99. The molecule has 104 valence electrons. The maximum absolute atomic E-state index is 12.6. The van der Waals surface area contributed by atoms with Gasteiger partial charge in [0.2, 0.25) is 0 Å². The van der Waals surface area contributed by atoms with Gasteiger partial charge in [0, 0.05) is 22.1 Å². The van der Waals surface area contributed by atoms with Crippen molar-refractivity contribution in [3.63, 3.8) is 0 Å². The van der Waals surface area contributed by atoms with Gasteiger partial charge in [0.1, 0.15) is 0 Å². The lowest BCUT2D eigenvalue weighted by Gasteiger charge is -2.14. The van der Waals surface area contributed by atoms with Crippen LogP contribution in [0.3, 0.4) is 0 Å². The first-order chi connectivity index (χ1) is 9.56. The molecule has 1 aromatic carbocycles. The van der Waals surface area contributed by atoms with Gasteiger partial charge >= 0.3 is 0 Å². The van der Waals surface area contributed by atoms with E-state index in [2.05, 4.69) is 10.3 Å². The maximum Gasteiger partial charge on any atom is 0.252 e. The van der Waals surface area contributed by atoms with E-state index in [1.165, 1.54) is 0 Å². The van der Waals surface area contributed by atoms with Crippen molar-refractivity contribution in [3.8, 4) is 0 Å². The molecule has 0 aliphatic heterocycles. The fraction of sp³-hybridized carbons (Fsp3) is 0.375. The molecule has 0 fully saturated rings. The van der Waals surface area contributed by atoms with Gasteiger partial charge in [-0.25, -0.2) is 0 Å². The molecule has 1 amide bonds. The molecule has 0 atom stereocenters. The zero-order valence-corrected chi connectivity index (χ0v) is 12.4. The van der Waals surface area contributed by atoms with Crippen LogP contribution < -0.4 is 5.32 Å². The van der Waals surface area contributed by atoms with Crippen LogP contribution in [0.4, 0.5) is 0 Å². The van der Waals surface area contributed by atoms with E-state index in [4.69, 9.17) is 11.6 Å². The van der Waals surface area contributed by atoms with Crippen molar-refractivity contribution in [3.05, 3.63) is 40.0 Å². The fourth-order valence-electron chi connectivity index (χ4n) is 2.83. The smallest absolute Gasteiger partial charge is 0.252 e. The Labute approximate surface area is 123 Å². The fourth-order valence-corrected chi connectivity index (χ4v) is 3.00. The third kappa shape index (κ3) is 2.27. The summed E-state index contributed by atoms with van der Waals surface area (Å²) >= 11 is 6.09. The van der Waals surface area contributed by atoms with Gasteiger partial charge in [0.05, 0.1) is 11.1 Å². The van der Waals surface area contributed by atoms with E-state index in [-0.39, 0.29) is 11.9 Å². The van der Waals surface area contributed by atoms with Gasteiger partial charge in [0.15, 0.2) is 0 Å². The Hall–Kier alpha value is -1.61. The van der Waals surface area contributed by atoms with Gasteiger partial charge in [-0.3, -0.25) is 9.78 Å². The standard InChI is InChI=1S/C16H17ClN2O/c1-9(2)18-16(20)15-11-4-3-5-13(11)19-14-7-6-10(17)8-12(14)15/h6-9H,3-5H2,1-2H3,(H,18,20). The van der Waals surface area contributed by atoms with Gasteiger partial charge in [-0.15, -0.1) is 0 Å². The lowest BCUT2D eigenvalue weighted by molar-refractivity contribution is 0.0944. The number of nitrogens with zero attached hydrogens (tertiary/aromatic N) is 1. The molecule has 0 saturated heterocycles. The lowest BCUT2D eigenvalue weighted by Crippen LogP contribution is -2.31. The van der Waals surface area contributed by atoms with Crippen LogP contribution in [0.1, 0.15) is 41.9 Å². The molecule has 4 heteroatoms. The minimum Gasteiger partial charge on any atom is -0.350 e. The number of amides is 1. The molecule has 3 rings (SSSR count). The van der Waals surface area contributed by atoms with Crippen LogP contribution in [0.2, 0.25) is 5.02 Å². The molecule has 3 nitrogen and oxygen atoms in total. The number of carbonyl (C=O) groups excluding carboxylic acids is 1. The van der Waals surface area contributed by atoms with Gasteiger partial charge in [0.25, 0.3) is 5.91 Å². The summed E-state index contributed by atoms with van der Waals surface area (Å²) in [5, 5.41) is 4.48. The predicted molar refractivity (Wildman–Crippen MR) is 81.4 cm³/mol. The highest BCUT2D eigenvalue weighted by Gasteiger charge is 2.24. The molecular formula is C16H17ClN2O. The van der Waals surface area contributed by atoms with Crippen molar-refractivity contribution in [2.75, 3.05) is 0 Å². The average molecular weight is 289 g/mol. The molecule has 0 bridgehead atoms. The summed E-state index contributed by atoms with van der Waals surface area (Å²) in [7, 11) is 0. The SMILES string of the molecule is CC(C)NC(=O)c1c2c(nc3ccc(Cl)cc13)CCC2. The number of aryl methyl sites for hydroxylation is 1. The van der Waals surface area contributed by atoms with Crippen LogP contribution in [0, 0.1) is 0 Å². The Bertz CT molecular complexity index is 694. The number of fused-ring (bicyclic) bond motifs is 2. The Morgan fingerprint density at radius 3 is 2.90 bits per heavy atom. The molecule has 2 aromatic rings. The molecule has 0 saturated carbocycles. The van der Waals surface area contributed by atoms with Crippen molar-refractivity contribution >= 4 is 28.4 Å². The van der Waals surface area contributed by atoms with Crippen molar-refractivity contribution in [1.82, 2.24) is 10.3 Å². The molecule has 1 aliphatic rings. The Kier molecular flexibility index (Phi) is 3.38. The highest BCUT2D eigenvalue weighted by Crippen LogP contribution is 2.31. The van der Waals surface area contributed by atoms with Gasteiger partial charge in [-0.2, -0.15) is 0 Å². The zero-order valence-electron chi connectivity index (χ0n) is 11.7. The third-order valence-corrected chi connectivity index (χ3v) is 3.86. The van der Waals surface area contributed by atoms with Crippen molar-refractivity contribution in [1.29, 1.82) is 0 Å². The number of aromatic nitrogens is 1. The van der Waals surface area contributed by atoms with E-state index >= 15 is 0 Å². The van der Waals surface area contributed by atoms with E-state index in [0.717, 1.165) is 47.0 Å². The first-order valence-electron chi connectivity index (χ1n) is 6.98. The van der Waals surface area contributed by atoms with Gasteiger partial charge in [-0.05, 0) is 56.9 Å². The summed E-state index contributed by atoms with van der Waals surface area (Å²) in [5.74, 6) is -0.0205. The monoisotopic (exact) mass is 288 g/mol. The quantitative estimate of drug-likeness (QED) is 0.919. The molecule has 0 spiro atoms. The van der Waals surface area contributed by atoms with Crippen LogP contribution >= 0.6 is 11.6 Å². The first kappa shape index (κ1) is 13.4. The average Bonchev–Trinajstić information content (AvgIpc) is 2.82. The lowest BCUT2D eigenvalue weighted by atomic mass is 10.0. The van der Waals surface area contributed by atoms with Crippen molar-refractivity contribution in [2.24, 2.45) is 0 Å². The largest absolute Gasteiger partial charge is 0.350 e. The minimum absolute atomic E-state index is 0.0205. The number of benzene rings is 1.